The van der Waals surface area contributed by atoms with Crippen molar-refractivity contribution in [2.45, 2.75) is 58.2 Å². The van der Waals surface area contributed by atoms with Crippen LogP contribution >= 0.6 is 0 Å². The van der Waals surface area contributed by atoms with Crippen LogP contribution in [0.3, 0.4) is 0 Å². The quantitative estimate of drug-likeness (QED) is 0.683. The highest BCUT2D eigenvalue weighted by Crippen LogP contribution is 2.25. The van der Waals surface area contributed by atoms with Crippen molar-refractivity contribution >= 4 is 16.9 Å². The summed E-state index contributed by atoms with van der Waals surface area (Å²) in [4.78, 5) is 22.7. The molecule has 1 fully saturated rings. The zero-order chi connectivity index (χ0) is 19.5. The van der Waals surface area contributed by atoms with E-state index in [2.05, 4.69) is 20.4 Å². The van der Waals surface area contributed by atoms with Crippen molar-refractivity contribution in [2.24, 2.45) is 0 Å². The van der Waals surface area contributed by atoms with Crippen molar-refractivity contribution in [3.8, 4) is 0 Å². The second-order valence-corrected chi connectivity index (χ2v) is 7.54. The maximum Gasteiger partial charge on any atom is 0.270 e. The molecule has 0 radical (unpaired) electrons. The van der Waals surface area contributed by atoms with Gasteiger partial charge in [0.05, 0.1) is 16.7 Å². The highest BCUT2D eigenvalue weighted by molar-refractivity contribution is 5.97. The molecule has 1 saturated carbocycles. The molecular weight excluding hydrogens is 354 g/mol. The van der Waals surface area contributed by atoms with Gasteiger partial charge in [-0.1, -0.05) is 5.16 Å². The molecule has 148 valence electrons. The number of nitrogens with zero attached hydrogens (tertiary/aromatic N) is 3. The lowest BCUT2D eigenvalue weighted by Gasteiger charge is -2.37. The molecule has 1 aliphatic rings. The van der Waals surface area contributed by atoms with E-state index in [1.165, 1.54) is 0 Å². The van der Waals surface area contributed by atoms with Gasteiger partial charge in [0.25, 0.3) is 5.91 Å². The minimum atomic E-state index is 0.0540. The van der Waals surface area contributed by atoms with Gasteiger partial charge in [-0.15, -0.1) is 0 Å². The van der Waals surface area contributed by atoms with Crippen LogP contribution in [0.4, 0.5) is 0 Å². The first-order chi connectivity index (χ1) is 13.6. The van der Waals surface area contributed by atoms with Crippen LogP contribution in [0.2, 0.25) is 0 Å². The van der Waals surface area contributed by atoms with Gasteiger partial charge >= 0.3 is 0 Å². The van der Waals surface area contributed by atoms with E-state index in [4.69, 9.17) is 4.52 Å². The van der Waals surface area contributed by atoms with E-state index in [0.29, 0.717) is 24.8 Å². The van der Waals surface area contributed by atoms with Crippen molar-refractivity contribution < 1.29 is 9.32 Å². The summed E-state index contributed by atoms with van der Waals surface area (Å²) in [6.45, 7) is 5.34. The number of fused-ring (bicyclic) bond motifs is 1. The lowest BCUT2D eigenvalue weighted by atomic mass is 9.89. The van der Waals surface area contributed by atoms with Crippen LogP contribution in [0.1, 0.15) is 54.5 Å². The van der Waals surface area contributed by atoms with Crippen molar-refractivity contribution in [1.29, 1.82) is 0 Å². The second kappa shape index (κ2) is 8.14. The van der Waals surface area contributed by atoms with Gasteiger partial charge in [0, 0.05) is 37.4 Å². The van der Waals surface area contributed by atoms with Crippen molar-refractivity contribution in [3.05, 3.63) is 47.6 Å². The number of rotatable bonds is 6. The van der Waals surface area contributed by atoms with Crippen LogP contribution < -0.4 is 5.32 Å². The summed E-state index contributed by atoms with van der Waals surface area (Å²) >= 11 is 0. The normalized spacial score (nSPS) is 19.8. The summed E-state index contributed by atoms with van der Waals surface area (Å²) in [5.74, 6) is 0.882. The van der Waals surface area contributed by atoms with Crippen molar-refractivity contribution in [1.82, 2.24) is 25.3 Å². The summed E-state index contributed by atoms with van der Waals surface area (Å²) in [5.41, 5.74) is 3.26. The molecule has 0 aliphatic heterocycles. The maximum absolute atomic E-state index is 13.2. The number of hydrogen-bond donors (Lipinski definition) is 2. The topological polar surface area (TPSA) is 87.0 Å². The molecule has 0 saturated heterocycles. The van der Waals surface area contributed by atoms with Crippen LogP contribution in [0.5, 0.6) is 0 Å². The van der Waals surface area contributed by atoms with E-state index in [9.17, 15) is 4.79 Å². The third-order valence-electron chi connectivity index (χ3n) is 5.56. The Bertz CT molecular complexity index is 914. The summed E-state index contributed by atoms with van der Waals surface area (Å²) in [6.07, 6.45) is 5.97. The third-order valence-corrected chi connectivity index (χ3v) is 5.56. The van der Waals surface area contributed by atoms with Gasteiger partial charge in [-0.25, -0.2) is 0 Å². The van der Waals surface area contributed by atoms with Crippen molar-refractivity contribution in [3.63, 3.8) is 0 Å². The molecule has 0 spiro atoms. The van der Waals surface area contributed by atoms with E-state index < -0.39 is 0 Å². The number of pyridine rings is 1. The predicted molar refractivity (Wildman–Crippen MR) is 107 cm³/mol. The van der Waals surface area contributed by atoms with E-state index in [0.717, 1.165) is 48.2 Å². The number of nitrogens with one attached hydrogen (secondary N) is 2. The first-order valence-corrected chi connectivity index (χ1v) is 10.0. The van der Waals surface area contributed by atoms with E-state index >= 15 is 0 Å². The highest BCUT2D eigenvalue weighted by atomic mass is 16.5. The largest absolute Gasteiger partial charge is 0.361 e. The molecule has 0 unspecified atom stereocenters. The fourth-order valence-corrected chi connectivity index (χ4v) is 4.18. The Morgan fingerprint density at radius 1 is 1.39 bits per heavy atom. The Balaban J connectivity index is 1.42. The van der Waals surface area contributed by atoms with Gasteiger partial charge in [0.2, 0.25) is 0 Å². The molecular formula is C21H27N5O2. The Morgan fingerprint density at radius 3 is 3.04 bits per heavy atom. The molecule has 3 heterocycles. The second-order valence-electron chi connectivity index (χ2n) is 7.54. The summed E-state index contributed by atoms with van der Waals surface area (Å²) < 4.78 is 5.14. The molecule has 3 aromatic heterocycles. The van der Waals surface area contributed by atoms with Gasteiger partial charge in [-0.2, -0.15) is 0 Å². The molecule has 2 N–H and O–H groups in total. The number of aromatic amines is 1. The molecule has 7 heteroatoms. The van der Waals surface area contributed by atoms with Gasteiger partial charge in [-0.05, 0) is 57.7 Å². The first-order valence-electron chi connectivity index (χ1n) is 10.0. The SMILES string of the molecule is CCN(C(=O)c1cc2ncccc2[nH]1)[C@H]1CCC[C@@H](NCc2cc(C)on2)C1. The zero-order valence-corrected chi connectivity index (χ0v) is 16.4. The minimum absolute atomic E-state index is 0.0540. The zero-order valence-electron chi connectivity index (χ0n) is 16.4. The molecule has 7 nitrogen and oxygen atoms in total. The number of amides is 1. The van der Waals surface area contributed by atoms with Crippen LogP contribution in [-0.4, -0.2) is 44.6 Å². The lowest BCUT2D eigenvalue weighted by Crippen LogP contribution is -2.46. The van der Waals surface area contributed by atoms with E-state index in [1.807, 2.05) is 43.0 Å². The number of H-pyrrole nitrogens is 1. The number of aryl methyl sites for hydroxylation is 1. The van der Waals surface area contributed by atoms with Gasteiger partial charge in [-0.3, -0.25) is 9.78 Å². The number of aromatic nitrogens is 3. The fraction of sp³-hybridized carbons (Fsp3) is 0.476. The third kappa shape index (κ3) is 3.94. The number of carbonyl (C=O) groups excluding carboxylic acids is 1. The molecule has 28 heavy (non-hydrogen) atoms. The van der Waals surface area contributed by atoms with Crippen LogP contribution in [0, 0.1) is 6.92 Å². The van der Waals surface area contributed by atoms with Gasteiger partial charge < -0.3 is 19.7 Å². The fourth-order valence-electron chi connectivity index (χ4n) is 4.18. The smallest absolute Gasteiger partial charge is 0.270 e. The monoisotopic (exact) mass is 381 g/mol. The Labute approximate surface area is 164 Å². The molecule has 1 aliphatic carbocycles. The Hall–Kier alpha value is -2.67. The van der Waals surface area contributed by atoms with Crippen LogP contribution in [-0.2, 0) is 6.54 Å². The van der Waals surface area contributed by atoms with Crippen LogP contribution in [0.15, 0.2) is 35.0 Å². The molecule has 0 aromatic carbocycles. The van der Waals surface area contributed by atoms with Gasteiger partial charge in [0.15, 0.2) is 0 Å². The van der Waals surface area contributed by atoms with Gasteiger partial charge in [0.1, 0.15) is 11.5 Å². The average Bonchev–Trinajstić information content (AvgIpc) is 3.33. The molecule has 1 amide bonds. The lowest BCUT2D eigenvalue weighted by molar-refractivity contribution is 0.0623. The van der Waals surface area contributed by atoms with Crippen molar-refractivity contribution in [2.75, 3.05) is 6.54 Å². The predicted octanol–water partition coefficient (Wildman–Crippen LogP) is 3.42. The Morgan fingerprint density at radius 2 is 2.29 bits per heavy atom. The number of carbonyl (C=O) groups is 1. The molecule has 2 atom stereocenters. The standard InChI is InChI=1S/C21H27N5O2/c1-3-26(21(27)20-12-19-18(24-20)8-5-9-22-19)17-7-4-6-15(11-17)23-13-16-10-14(2)28-25-16/h5,8-10,12,15,17,23-24H,3-4,6-7,11,13H2,1-2H3/t15-,17+/m1/s1. The summed E-state index contributed by atoms with van der Waals surface area (Å²) in [6, 6.07) is 8.24. The molecule has 4 rings (SSSR count). The summed E-state index contributed by atoms with van der Waals surface area (Å²) in [5, 5.41) is 7.63. The average molecular weight is 381 g/mol. The maximum atomic E-state index is 13.2. The summed E-state index contributed by atoms with van der Waals surface area (Å²) in [7, 11) is 0. The molecule has 3 aromatic rings. The molecule has 0 bridgehead atoms. The first kappa shape index (κ1) is 18.7. The van der Waals surface area contributed by atoms with E-state index in [-0.39, 0.29) is 11.9 Å². The highest BCUT2D eigenvalue weighted by Gasteiger charge is 2.30. The number of hydrogen-bond acceptors (Lipinski definition) is 5. The van der Waals surface area contributed by atoms with Crippen LogP contribution in [0.25, 0.3) is 11.0 Å². The van der Waals surface area contributed by atoms with E-state index in [1.54, 1.807) is 6.20 Å². The minimum Gasteiger partial charge on any atom is -0.361 e. The Kier molecular flexibility index (Phi) is 5.43.